The van der Waals surface area contributed by atoms with E-state index in [4.69, 9.17) is 17.2 Å². The molecule has 0 aliphatic rings. The standard InChI is InChI=1S/C21H27N7O2.C15H22F3NO/c1-21(2,3)16-11-14-12-28(20(30)27-17(14)26-16)15-7-5-13(6-8-15)18(29)24-9-4-10-25-19(22)23;1-14(2,3)12-8-11(6-4-5-7-19)9-13(10-12)20-15(16,17)18/h5-8,11-12H,4,9-10H2,1-3H3,(H,24,29)(H4,22,23,25)(H,26,27,30);8-10H,4-7,19H2,1-3H3. The minimum atomic E-state index is -4.66. The molecule has 2 heterocycles. The number of ether oxygens (including phenoxy) is 1. The Kier molecular flexibility index (Phi) is 13.2. The number of aromatic nitrogens is 3. The number of carbonyl (C=O) groups is 1. The lowest BCUT2D eigenvalue weighted by molar-refractivity contribution is -0.274. The number of amides is 1. The maximum Gasteiger partial charge on any atom is 0.573 e. The van der Waals surface area contributed by atoms with Crippen LogP contribution in [-0.2, 0) is 17.3 Å². The number of guanidine groups is 1. The Labute approximate surface area is 290 Å². The number of hydrogen-bond donors (Lipinski definition) is 5. The first-order valence-electron chi connectivity index (χ1n) is 16.4. The number of nitrogens with one attached hydrogen (secondary N) is 2. The monoisotopic (exact) mass is 698 g/mol. The molecule has 4 rings (SSSR count). The first-order valence-corrected chi connectivity index (χ1v) is 16.4. The molecule has 0 aliphatic carbocycles. The Balaban J connectivity index is 0.000000295. The van der Waals surface area contributed by atoms with Crippen LogP contribution in [0, 0.1) is 0 Å². The zero-order chi connectivity index (χ0) is 37.3. The molecule has 2 aromatic carbocycles. The maximum atomic E-state index is 12.5. The number of aromatic amines is 1. The molecule has 0 saturated heterocycles. The quantitative estimate of drug-likeness (QED) is 0.0772. The van der Waals surface area contributed by atoms with Crippen molar-refractivity contribution < 1.29 is 22.7 Å². The molecule has 0 aliphatic heterocycles. The normalized spacial score (nSPS) is 11.9. The number of alkyl halides is 3. The number of nitrogens with zero attached hydrogens (tertiary/aromatic N) is 3. The second-order valence-corrected chi connectivity index (χ2v) is 14.0. The number of carbonyl (C=O) groups excluding carboxylic acids is 1. The molecular weight excluding hydrogens is 649 g/mol. The van der Waals surface area contributed by atoms with Gasteiger partial charge in [-0.15, -0.1) is 13.2 Å². The van der Waals surface area contributed by atoms with E-state index in [2.05, 4.69) is 45.8 Å². The predicted octanol–water partition coefficient (Wildman–Crippen LogP) is 5.57. The van der Waals surface area contributed by atoms with E-state index in [-0.39, 0.29) is 34.1 Å². The molecule has 0 saturated carbocycles. The van der Waals surface area contributed by atoms with Gasteiger partial charge in [0.2, 0.25) is 0 Å². The molecule has 8 N–H and O–H groups in total. The number of unbranched alkanes of at least 4 members (excludes halogenated alkanes) is 1. The van der Waals surface area contributed by atoms with Crippen LogP contribution in [0.1, 0.15) is 88.0 Å². The minimum Gasteiger partial charge on any atom is -0.406 e. The lowest BCUT2D eigenvalue weighted by atomic mass is 9.85. The van der Waals surface area contributed by atoms with Gasteiger partial charge in [-0.1, -0.05) is 47.6 Å². The largest absolute Gasteiger partial charge is 0.573 e. The summed E-state index contributed by atoms with van der Waals surface area (Å²) in [6.45, 7) is 13.7. The second-order valence-electron chi connectivity index (χ2n) is 14.0. The van der Waals surface area contributed by atoms with Crippen molar-refractivity contribution in [3.63, 3.8) is 0 Å². The highest BCUT2D eigenvalue weighted by Gasteiger charge is 2.31. The first-order chi connectivity index (χ1) is 23.3. The third-order valence-corrected chi connectivity index (χ3v) is 7.62. The van der Waals surface area contributed by atoms with E-state index in [1.54, 1.807) is 30.5 Å². The van der Waals surface area contributed by atoms with Gasteiger partial charge in [0.15, 0.2) is 5.96 Å². The van der Waals surface area contributed by atoms with Crippen molar-refractivity contribution in [3.05, 3.63) is 87.6 Å². The van der Waals surface area contributed by atoms with E-state index in [9.17, 15) is 22.8 Å². The molecule has 0 fully saturated rings. The minimum absolute atomic E-state index is 0.0362. The Bertz CT molecular complexity index is 1810. The number of halogens is 3. The predicted molar refractivity (Wildman–Crippen MR) is 192 cm³/mol. The highest BCUT2D eigenvalue weighted by atomic mass is 19.4. The molecule has 0 radical (unpaired) electrons. The highest BCUT2D eigenvalue weighted by Crippen LogP contribution is 2.31. The molecule has 4 aromatic rings. The van der Waals surface area contributed by atoms with Gasteiger partial charge in [0, 0.05) is 41.3 Å². The van der Waals surface area contributed by atoms with E-state index in [0.29, 0.717) is 49.4 Å². The summed E-state index contributed by atoms with van der Waals surface area (Å²) in [4.78, 5) is 36.0. The van der Waals surface area contributed by atoms with Gasteiger partial charge in [0.25, 0.3) is 5.91 Å². The van der Waals surface area contributed by atoms with Gasteiger partial charge in [-0.3, -0.25) is 14.4 Å². The maximum absolute atomic E-state index is 12.5. The molecule has 0 unspecified atom stereocenters. The molecule has 50 heavy (non-hydrogen) atoms. The summed E-state index contributed by atoms with van der Waals surface area (Å²) in [6.07, 6.45) is 0.149. The van der Waals surface area contributed by atoms with Gasteiger partial charge in [-0.2, -0.15) is 4.98 Å². The van der Waals surface area contributed by atoms with Crippen molar-refractivity contribution >= 4 is 22.9 Å². The molecule has 272 valence electrons. The van der Waals surface area contributed by atoms with Crippen LogP contribution >= 0.6 is 0 Å². The van der Waals surface area contributed by atoms with Crippen molar-refractivity contribution in [1.29, 1.82) is 0 Å². The average Bonchev–Trinajstić information content (AvgIpc) is 3.43. The third kappa shape index (κ3) is 12.2. The smallest absolute Gasteiger partial charge is 0.406 e. The number of hydrogen-bond acceptors (Lipinski definition) is 6. The van der Waals surface area contributed by atoms with E-state index < -0.39 is 6.36 Å². The topological polar surface area (TPSA) is 179 Å². The number of H-pyrrole nitrogens is 1. The summed E-state index contributed by atoms with van der Waals surface area (Å²) in [7, 11) is 0. The summed E-state index contributed by atoms with van der Waals surface area (Å²) in [5.74, 6) is -0.311. The van der Waals surface area contributed by atoms with Crippen molar-refractivity contribution in [1.82, 2.24) is 19.9 Å². The van der Waals surface area contributed by atoms with Crippen LogP contribution in [0.4, 0.5) is 13.2 Å². The summed E-state index contributed by atoms with van der Waals surface area (Å²) in [5.41, 5.74) is 19.7. The summed E-state index contributed by atoms with van der Waals surface area (Å²) in [5, 5.41) is 3.66. The third-order valence-electron chi connectivity index (χ3n) is 7.62. The Morgan fingerprint density at radius 2 is 1.64 bits per heavy atom. The molecular formula is C36H49F3N8O3. The number of rotatable bonds is 11. The fourth-order valence-corrected chi connectivity index (χ4v) is 4.85. The molecule has 2 aromatic heterocycles. The van der Waals surface area contributed by atoms with Crippen LogP contribution < -0.4 is 32.9 Å². The Morgan fingerprint density at radius 3 is 2.22 bits per heavy atom. The van der Waals surface area contributed by atoms with Crippen LogP contribution in [-0.4, -0.2) is 52.4 Å². The van der Waals surface area contributed by atoms with Gasteiger partial charge < -0.3 is 32.2 Å². The van der Waals surface area contributed by atoms with Gasteiger partial charge in [-0.25, -0.2) is 4.79 Å². The van der Waals surface area contributed by atoms with Gasteiger partial charge in [-0.05, 0) is 91.2 Å². The summed E-state index contributed by atoms with van der Waals surface area (Å²) < 4.78 is 42.6. The first kappa shape index (κ1) is 39.6. The fourth-order valence-electron chi connectivity index (χ4n) is 4.85. The fraction of sp³-hybridized carbons (Fsp3) is 0.444. The van der Waals surface area contributed by atoms with Crippen molar-refractivity contribution in [2.75, 3.05) is 19.6 Å². The Morgan fingerprint density at radius 1 is 0.960 bits per heavy atom. The van der Waals surface area contributed by atoms with E-state index >= 15 is 0 Å². The molecule has 1 amide bonds. The SMILES string of the molecule is CC(C)(C)c1cc(CCCCN)cc(OC(F)(F)F)c1.CC(C)(C)c1cc2cn(-c3ccc(C(=O)NCCCN=C(N)N)cc3)c(=O)nc2[nH]1. The number of aliphatic imine (C=N–C) groups is 1. The van der Waals surface area contributed by atoms with Crippen LogP contribution in [0.25, 0.3) is 16.7 Å². The molecule has 14 heteroatoms. The number of aryl methyl sites for hydroxylation is 1. The van der Waals surface area contributed by atoms with Crippen molar-refractivity contribution in [2.24, 2.45) is 22.2 Å². The molecule has 0 bridgehead atoms. The number of benzene rings is 2. The van der Waals surface area contributed by atoms with Crippen molar-refractivity contribution in [3.8, 4) is 11.4 Å². The zero-order valence-electron chi connectivity index (χ0n) is 29.6. The van der Waals surface area contributed by atoms with Crippen LogP contribution in [0.3, 0.4) is 0 Å². The van der Waals surface area contributed by atoms with E-state index in [1.807, 2.05) is 32.9 Å². The van der Waals surface area contributed by atoms with Gasteiger partial charge >= 0.3 is 12.1 Å². The van der Waals surface area contributed by atoms with Crippen LogP contribution in [0.2, 0.25) is 0 Å². The second kappa shape index (κ2) is 16.7. The van der Waals surface area contributed by atoms with Crippen LogP contribution in [0.5, 0.6) is 5.75 Å². The van der Waals surface area contributed by atoms with Gasteiger partial charge in [0.05, 0.1) is 5.69 Å². The summed E-state index contributed by atoms with van der Waals surface area (Å²) >= 11 is 0. The Hall–Kier alpha value is -4.85. The lowest BCUT2D eigenvalue weighted by Gasteiger charge is -2.21. The zero-order valence-corrected chi connectivity index (χ0v) is 29.6. The lowest BCUT2D eigenvalue weighted by Crippen LogP contribution is -2.26. The van der Waals surface area contributed by atoms with Gasteiger partial charge in [0.1, 0.15) is 11.4 Å². The molecule has 0 spiro atoms. The van der Waals surface area contributed by atoms with E-state index in [1.165, 1.54) is 16.7 Å². The summed E-state index contributed by atoms with van der Waals surface area (Å²) in [6, 6.07) is 13.7. The highest BCUT2D eigenvalue weighted by molar-refractivity contribution is 5.94. The number of fused-ring (bicyclic) bond motifs is 1. The molecule has 11 nitrogen and oxygen atoms in total. The number of nitrogens with two attached hydrogens (primary N) is 3. The van der Waals surface area contributed by atoms with Crippen LogP contribution in [0.15, 0.2) is 64.5 Å². The van der Waals surface area contributed by atoms with Crippen molar-refractivity contribution in [2.45, 2.75) is 84.4 Å². The molecule has 0 atom stereocenters. The average molecular weight is 699 g/mol. The van der Waals surface area contributed by atoms with E-state index in [0.717, 1.165) is 35.0 Å².